The first-order chi connectivity index (χ1) is 14.9. The fourth-order valence-electron chi connectivity index (χ4n) is 3.50. The molecule has 162 valence electrons. The summed E-state index contributed by atoms with van der Waals surface area (Å²) in [5.41, 5.74) is 0.783. The Bertz CT molecular complexity index is 1180. The molecule has 0 amide bonds. The van der Waals surface area contributed by atoms with E-state index < -0.39 is 14.9 Å². The maximum atomic E-state index is 13.0. The molecular weight excluding hydrogens is 440 g/mol. The van der Waals surface area contributed by atoms with Crippen LogP contribution >= 0.6 is 11.3 Å². The predicted octanol–water partition coefficient (Wildman–Crippen LogP) is 3.69. The number of nitrogens with zero attached hydrogens (tertiary/aromatic N) is 4. The van der Waals surface area contributed by atoms with Crippen molar-refractivity contribution in [3.8, 4) is 16.3 Å². The van der Waals surface area contributed by atoms with E-state index in [1.807, 2.05) is 24.3 Å². The zero-order valence-electron chi connectivity index (χ0n) is 16.7. The van der Waals surface area contributed by atoms with Crippen molar-refractivity contribution in [3.63, 3.8) is 0 Å². The average molecular weight is 461 g/mol. The molecule has 1 fully saturated rings. The second-order valence-corrected chi connectivity index (χ2v) is 10.1. The lowest BCUT2D eigenvalue weighted by Gasteiger charge is -2.30. The van der Waals surface area contributed by atoms with E-state index in [-0.39, 0.29) is 16.5 Å². The Labute approximate surface area is 183 Å². The summed E-state index contributed by atoms with van der Waals surface area (Å²) in [6.07, 6.45) is 1.53. The molecule has 9 nitrogen and oxygen atoms in total. The van der Waals surface area contributed by atoms with Gasteiger partial charge >= 0.3 is 0 Å². The molecule has 2 heterocycles. The fraction of sp³-hybridized carbons (Fsp3) is 0.300. The summed E-state index contributed by atoms with van der Waals surface area (Å²) < 4.78 is 32.7. The van der Waals surface area contributed by atoms with Crippen LogP contribution in [0, 0.1) is 10.1 Å². The van der Waals surface area contributed by atoms with E-state index in [0.29, 0.717) is 19.5 Å². The van der Waals surface area contributed by atoms with Crippen molar-refractivity contribution in [1.82, 2.24) is 14.5 Å². The maximum absolute atomic E-state index is 13.0. The summed E-state index contributed by atoms with van der Waals surface area (Å²) in [7, 11) is -2.14. The molecule has 0 aliphatic carbocycles. The second kappa shape index (κ2) is 8.69. The molecule has 2 aromatic carbocycles. The zero-order valence-corrected chi connectivity index (χ0v) is 18.3. The van der Waals surface area contributed by atoms with E-state index in [4.69, 9.17) is 4.74 Å². The van der Waals surface area contributed by atoms with Crippen molar-refractivity contribution < 1.29 is 18.1 Å². The number of hydrogen-bond donors (Lipinski definition) is 0. The highest BCUT2D eigenvalue weighted by atomic mass is 32.2. The van der Waals surface area contributed by atoms with Crippen LogP contribution in [0.1, 0.15) is 23.8 Å². The van der Waals surface area contributed by atoms with Gasteiger partial charge in [0, 0.05) is 36.7 Å². The van der Waals surface area contributed by atoms with Gasteiger partial charge in [-0.3, -0.25) is 10.1 Å². The first kappa shape index (κ1) is 21.3. The van der Waals surface area contributed by atoms with Gasteiger partial charge in [-0.1, -0.05) is 11.3 Å². The highest BCUT2D eigenvalue weighted by Gasteiger charge is 2.32. The molecular formula is C20H20N4O5S2. The van der Waals surface area contributed by atoms with Crippen LogP contribution in [0.2, 0.25) is 0 Å². The summed E-state index contributed by atoms with van der Waals surface area (Å²) in [5, 5.41) is 21.0. The average Bonchev–Trinajstić information content (AvgIpc) is 3.30. The van der Waals surface area contributed by atoms with Gasteiger partial charge in [-0.05, 0) is 49.2 Å². The molecule has 0 N–H and O–H groups in total. The predicted molar refractivity (Wildman–Crippen MR) is 116 cm³/mol. The molecule has 4 rings (SSSR count). The highest BCUT2D eigenvalue weighted by molar-refractivity contribution is 7.89. The van der Waals surface area contributed by atoms with Crippen LogP contribution in [0.25, 0.3) is 10.6 Å². The Morgan fingerprint density at radius 1 is 1.13 bits per heavy atom. The minimum Gasteiger partial charge on any atom is -0.497 e. The van der Waals surface area contributed by atoms with Crippen molar-refractivity contribution in [2.24, 2.45) is 0 Å². The Balaban J connectivity index is 1.51. The van der Waals surface area contributed by atoms with Gasteiger partial charge in [0.2, 0.25) is 10.0 Å². The van der Waals surface area contributed by atoms with Gasteiger partial charge in [-0.2, -0.15) is 4.31 Å². The number of sulfonamides is 1. The second-order valence-electron chi connectivity index (χ2n) is 7.13. The van der Waals surface area contributed by atoms with E-state index >= 15 is 0 Å². The van der Waals surface area contributed by atoms with Crippen LogP contribution < -0.4 is 4.74 Å². The molecule has 0 spiro atoms. The summed E-state index contributed by atoms with van der Waals surface area (Å²) in [4.78, 5) is 10.3. The molecule has 1 aliphatic heterocycles. The van der Waals surface area contributed by atoms with E-state index in [9.17, 15) is 18.5 Å². The van der Waals surface area contributed by atoms with Gasteiger partial charge in [0.15, 0.2) is 0 Å². The standard InChI is InChI=1S/C20H20N4O5S2/c1-29-17-8-4-14(5-9-17)19-21-22-20(30-19)15-3-2-12-23(13-15)31(27,28)18-10-6-16(7-11-18)24(25)26/h4-11,15H,2-3,12-13H2,1H3. The number of nitro benzene ring substituents is 1. The molecule has 3 aromatic rings. The Hall–Kier alpha value is -2.89. The van der Waals surface area contributed by atoms with Crippen molar-refractivity contribution in [1.29, 1.82) is 0 Å². The van der Waals surface area contributed by atoms with Crippen molar-refractivity contribution >= 4 is 27.0 Å². The first-order valence-corrected chi connectivity index (χ1v) is 11.9. The fourth-order valence-corrected chi connectivity index (χ4v) is 6.00. The molecule has 31 heavy (non-hydrogen) atoms. The molecule has 1 aliphatic rings. The van der Waals surface area contributed by atoms with Crippen LogP contribution in [0.4, 0.5) is 5.69 Å². The number of non-ortho nitro benzene ring substituents is 1. The number of methoxy groups -OCH3 is 1. The number of nitro groups is 1. The molecule has 1 unspecified atom stereocenters. The van der Waals surface area contributed by atoms with Crippen LogP contribution in [0.3, 0.4) is 0 Å². The number of rotatable bonds is 6. The Morgan fingerprint density at radius 2 is 1.84 bits per heavy atom. The van der Waals surface area contributed by atoms with Gasteiger partial charge < -0.3 is 4.74 Å². The van der Waals surface area contributed by atoms with Gasteiger partial charge in [0.05, 0.1) is 16.9 Å². The van der Waals surface area contributed by atoms with E-state index in [0.717, 1.165) is 27.7 Å². The lowest BCUT2D eigenvalue weighted by atomic mass is 10.0. The van der Waals surface area contributed by atoms with Gasteiger partial charge in [0.1, 0.15) is 15.8 Å². The summed E-state index contributed by atoms with van der Waals surface area (Å²) in [6, 6.07) is 12.5. The van der Waals surface area contributed by atoms with E-state index in [2.05, 4.69) is 10.2 Å². The van der Waals surface area contributed by atoms with Gasteiger partial charge in [-0.15, -0.1) is 10.2 Å². The molecule has 1 saturated heterocycles. The van der Waals surface area contributed by atoms with Crippen molar-refractivity contribution in [3.05, 3.63) is 63.7 Å². The summed E-state index contributed by atoms with van der Waals surface area (Å²) in [5.74, 6) is 0.707. The number of benzene rings is 2. The third-order valence-electron chi connectivity index (χ3n) is 5.20. The largest absolute Gasteiger partial charge is 0.497 e. The van der Waals surface area contributed by atoms with Crippen molar-refractivity contribution in [2.45, 2.75) is 23.7 Å². The third kappa shape index (κ3) is 4.43. The Morgan fingerprint density at radius 3 is 2.48 bits per heavy atom. The molecule has 0 saturated carbocycles. The number of ether oxygens (including phenoxy) is 1. The lowest BCUT2D eigenvalue weighted by molar-refractivity contribution is -0.384. The minimum atomic E-state index is -3.75. The molecule has 1 atom stereocenters. The molecule has 0 radical (unpaired) electrons. The van der Waals surface area contributed by atoms with Crippen LogP contribution in [0.15, 0.2) is 53.4 Å². The first-order valence-electron chi connectivity index (χ1n) is 9.61. The molecule has 11 heteroatoms. The van der Waals surface area contributed by atoms with Crippen LogP contribution in [-0.2, 0) is 10.0 Å². The van der Waals surface area contributed by atoms with Gasteiger partial charge in [0.25, 0.3) is 5.69 Å². The number of hydrogen-bond acceptors (Lipinski definition) is 8. The quantitative estimate of drug-likeness (QED) is 0.407. The SMILES string of the molecule is COc1ccc(-c2nnc(C3CCCN(S(=O)(=O)c4ccc([N+](=O)[O-])cc4)C3)s2)cc1. The Kier molecular flexibility index (Phi) is 5.99. The summed E-state index contributed by atoms with van der Waals surface area (Å²) in [6.45, 7) is 0.705. The maximum Gasteiger partial charge on any atom is 0.269 e. The summed E-state index contributed by atoms with van der Waals surface area (Å²) >= 11 is 1.46. The number of piperidine rings is 1. The molecule has 1 aromatic heterocycles. The van der Waals surface area contributed by atoms with Crippen LogP contribution in [0.5, 0.6) is 5.75 Å². The van der Waals surface area contributed by atoms with E-state index in [1.54, 1.807) is 7.11 Å². The smallest absolute Gasteiger partial charge is 0.269 e. The third-order valence-corrected chi connectivity index (χ3v) is 8.21. The minimum absolute atomic E-state index is 0.0499. The number of aromatic nitrogens is 2. The monoisotopic (exact) mass is 460 g/mol. The molecule has 0 bridgehead atoms. The lowest BCUT2D eigenvalue weighted by Crippen LogP contribution is -2.39. The zero-order chi connectivity index (χ0) is 22.0. The normalized spacial score (nSPS) is 17.4. The van der Waals surface area contributed by atoms with E-state index in [1.165, 1.54) is 39.9 Å². The van der Waals surface area contributed by atoms with Crippen molar-refractivity contribution in [2.75, 3.05) is 20.2 Å². The van der Waals surface area contributed by atoms with Gasteiger partial charge in [-0.25, -0.2) is 8.42 Å². The highest BCUT2D eigenvalue weighted by Crippen LogP contribution is 2.35. The topological polar surface area (TPSA) is 116 Å². The van der Waals surface area contributed by atoms with Crippen LogP contribution in [-0.4, -0.2) is 48.0 Å².